The van der Waals surface area contributed by atoms with E-state index in [1.165, 1.54) is 31.5 Å². The Morgan fingerprint density at radius 3 is 2.57 bits per heavy atom. The number of ether oxygens (including phenoxy) is 2. The molecule has 35 heavy (non-hydrogen) atoms. The van der Waals surface area contributed by atoms with Gasteiger partial charge in [-0.2, -0.15) is 4.98 Å². The minimum absolute atomic E-state index is 0.150. The van der Waals surface area contributed by atoms with Crippen LogP contribution in [0.1, 0.15) is 31.7 Å². The van der Waals surface area contributed by atoms with E-state index in [-0.39, 0.29) is 5.41 Å². The molecule has 1 aromatic heterocycles. The van der Waals surface area contributed by atoms with Crippen LogP contribution >= 0.6 is 0 Å². The predicted octanol–water partition coefficient (Wildman–Crippen LogP) is 4.87. The number of hydrogen-bond acceptors (Lipinski definition) is 7. The van der Waals surface area contributed by atoms with E-state index in [4.69, 9.17) is 14.5 Å². The zero-order valence-electron chi connectivity index (χ0n) is 20.7. The molecule has 2 aromatic carbocycles. The smallest absolute Gasteiger partial charge is 0.229 e. The Kier molecular flexibility index (Phi) is 7.04. The molecule has 3 heterocycles. The molecule has 0 atom stereocenters. The van der Waals surface area contributed by atoms with Crippen molar-refractivity contribution < 1.29 is 9.47 Å². The molecule has 2 aliphatic rings. The van der Waals surface area contributed by atoms with Gasteiger partial charge < -0.3 is 24.6 Å². The quantitative estimate of drug-likeness (QED) is 0.422. The molecule has 0 amide bonds. The molecule has 0 saturated carbocycles. The van der Waals surface area contributed by atoms with E-state index >= 15 is 0 Å². The minimum Gasteiger partial charge on any atom is -0.493 e. The third-order valence-corrected chi connectivity index (χ3v) is 7.01. The number of nitrogens with zero attached hydrogens (tertiary/aromatic N) is 4. The normalized spacial score (nSPS) is 17.1. The molecule has 5 rings (SSSR count). The Hall–Kier alpha value is -3.32. The maximum atomic E-state index is 6.08. The van der Waals surface area contributed by atoms with Crippen LogP contribution in [0.5, 0.6) is 11.5 Å². The number of rotatable bonds is 10. The number of anilines is 3. The first-order chi connectivity index (χ1) is 17.1. The van der Waals surface area contributed by atoms with Gasteiger partial charge >= 0.3 is 0 Å². The van der Waals surface area contributed by atoms with Gasteiger partial charge in [0.1, 0.15) is 5.82 Å². The summed E-state index contributed by atoms with van der Waals surface area (Å²) in [6, 6.07) is 18.5. The lowest BCUT2D eigenvalue weighted by atomic mass is 9.75. The lowest BCUT2D eigenvalue weighted by Gasteiger charge is -2.49. The summed E-state index contributed by atoms with van der Waals surface area (Å²) in [5.41, 5.74) is 2.39. The van der Waals surface area contributed by atoms with Crippen LogP contribution in [0.3, 0.4) is 0 Å². The zero-order chi connectivity index (χ0) is 24.1. The van der Waals surface area contributed by atoms with Crippen molar-refractivity contribution >= 4 is 17.5 Å². The molecule has 2 saturated heterocycles. The first kappa shape index (κ1) is 23.4. The van der Waals surface area contributed by atoms with Crippen LogP contribution in [-0.2, 0) is 5.41 Å². The first-order valence-corrected chi connectivity index (χ1v) is 12.6. The summed E-state index contributed by atoms with van der Waals surface area (Å²) in [4.78, 5) is 14.0. The first-order valence-electron chi connectivity index (χ1n) is 12.6. The summed E-state index contributed by atoms with van der Waals surface area (Å²) in [6.07, 6.45) is 5.44. The van der Waals surface area contributed by atoms with E-state index in [0.717, 1.165) is 49.1 Å². The number of aromatic nitrogens is 2. The van der Waals surface area contributed by atoms with Crippen molar-refractivity contribution in [2.75, 3.05) is 56.7 Å². The zero-order valence-corrected chi connectivity index (χ0v) is 20.7. The van der Waals surface area contributed by atoms with E-state index in [1.54, 1.807) is 7.11 Å². The molecule has 3 aromatic rings. The third kappa shape index (κ3) is 5.51. The second kappa shape index (κ2) is 10.5. The Balaban J connectivity index is 1.20. The van der Waals surface area contributed by atoms with Gasteiger partial charge in [-0.15, -0.1) is 0 Å². The fourth-order valence-corrected chi connectivity index (χ4v) is 5.04. The van der Waals surface area contributed by atoms with Crippen molar-refractivity contribution in [3.63, 3.8) is 0 Å². The van der Waals surface area contributed by atoms with Gasteiger partial charge in [0.15, 0.2) is 11.5 Å². The van der Waals surface area contributed by atoms with Crippen LogP contribution in [-0.4, -0.2) is 61.3 Å². The van der Waals surface area contributed by atoms with Gasteiger partial charge in [0.25, 0.3) is 0 Å². The van der Waals surface area contributed by atoms with Crippen LogP contribution in [0.4, 0.5) is 17.5 Å². The number of benzene rings is 2. The summed E-state index contributed by atoms with van der Waals surface area (Å²) in [5, 5.41) is 3.33. The van der Waals surface area contributed by atoms with Crippen molar-refractivity contribution in [2.45, 2.75) is 31.6 Å². The summed E-state index contributed by atoms with van der Waals surface area (Å²) < 4.78 is 11.6. The maximum Gasteiger partial charge on any atom is 0.229 e. The molecular formula is C28H35N5O2. The van der Waals surface area contributed by atoms with Gasteiger partial charge in [0, 0.05) is 43.0 Å². The second-order valence-electron chi connectivity index (χ2n) is 9.76. The van der Waals surface area contributed by atoms with E-state index in [0.29, 0.717) is 12.6 Å². The molecule has 2 fully saturated rings. The molecule has 0 unspecified atom stereocenters. The van der Waals surface area contributed by atoms with E-state index < -0.39 is 0 Å². The lowest BCUT2D eigenvalue weighted by molar-refractivity contribution is 0.254. The molecule has 1 N–H and O–H groups in total. The molecule has 0 bridgehead atoms. The Bertz CT molecular complexity index is 1110. The number of hydrogen-bond donors (Lipinski definition) is 1. The molecule has 0 aliphatic carbocycles. The van der Waals surface area contributed by atoms with Crippen molar-refractivity contribution in [3.05, 3.63) is 66.4 Å². The average molecular weight is 474 g/mol. The summed E-state index contributed by atoms with van der Waals surface area (Å²) in [5.74, 6) is 2.97. The fraction of sp³-hybridized carbons (Fsp3) is 0.429. The maximum absolute atomic E-state index is 6.08. The number of nitrogens with one attached hydrogen (secondary N) is 1. The molecule has 7 heteroatoms. The molecular weight excluding hydrogens is 438 g/mol. The highest BCUT2D eigenvalue weighted by atomic mass is 16.5. The third-order valence-electron chi connectivity index (χ3n) is 7.01. The van der Waals surface area contributed by atoms with E-state index in [1.807, 2.05) is 30.5 Å². The summed E-state index contributed by atoms with van der Waals surface area (Å²) in [7, 11) is 1.67. The highest BCUT2D eigenvalue weighted by molar-refractivity contribution is 5.61. The Morgan fingerprint density at radius 2 is 1.80 bits per heavy atom. The van der Waals surface area contributed by atoms with Gasteiger partial charge in [0.05, 0.1) is 13.7 Å². The van der Waals surface area contributed by atoms with E-state index in [9.17, 15) is 0 Å². The Labute approximate surface area is 208 Å². The van der Waals surface area contributed by atoms with Crippen LogP contribution in [0, 0.1) is 0 Å². The number of likely N-dealkylation sites (tertiary alicyclic amines) is 1. The SMILES string of the molecule is COc1ccc(Nc2nccc(N3CC(C)(c4ccccc4)C3)n2)cc1OCCCN1CCCC1. The molecule has 2 aliphatic heterocycles. The van der Waals surface area contributed by atoms with Crippen molar-refractivity contribution in [2.24, 2.45) is 0 Å². The number of methoxy groups -OCH3 is 1. The van der Waals surface area contributed by atoms with Crippen molar-refractivity contribution in [1.82, 2.24) is 14.9 Å². The topological polar surface area (TPSA) is 62.8 Å². The van der Waals surface area contributed by atoms with Gasteiger partial charge in [-0.25, -0.2) is 4.98 Å². The van der Waals surface area contributed by atoms with Crippen LogP contribution < -0.4 is 19.7 Å². The minimum atomic E-state index is 0.150. The van der Waals surface area contributed by atoms with Gasteiger partial charge in [0.2, 0.25) is 5.95 Å². The van der Waals surface area contributed by atoms with Gasteiger partial charge in [-0.3, -0.25) is 0 Å². The van der Waals surface area contributed by atoms with Gasteiger partial charge in [-0.05, 0) is 56.1 Å². The fourth-order valence-electron chi connectivity index (χ4n) is 5.04. The van der Waals surface area contributed by atoms with Crippen LogP contribution in [0.2, 0.25) is 0 Å². The molecule has 7 nitrogen and oxygen atoms in total. The van der Waals surface area contributed by atoms with Crippen molar-refractivity contribution in [3.8, 4) is 11.5 Å². The van der Waals surface area contributed by atoms with Gasteiger partial charge in [-0.1, -0.05) is 37.3 Å². The highest BCUT2D eigenvalue weighted by Crippen LogP contribution is 2.37. The molecule has 0 spiro atoms. The standard InChI is InChI=1S/C28H35N5O2/c1-28(22-9-4-3-5-10-22)20-33(21-28)26-13-14-29-27(31-26)30-23-11-12-24(34-2)25(19-23)35-18-8-17-32-15-6-7-16-32/h3-5,9-14,19H,6-8,15-18,20-21H2,1-2H3,(H,29,30,31). The predicted molar refractivity (Wildman–Crippen MR) is 140 cm³/mol. The molecule has 184 valence electrons. The average Bonchev–Trinajstić information content (AvgIpc) is 3.39. The van der Waals surface area contributed by atoms with E-state index in [2.05, 4.69) is 57.4 Å². The van der Waals surface area contributed by atoms with Crippen LogP contribution in [0.15, 0.2) is 60.8 Å². The highest BCUT2D eigenvalue weighted by Gasteiger charge is 2.40. The lowest BCUT2D eigenvalue weighted by Crippen LogP contribution is -2.58. The van der Waals surface area contributed by atoms with Crippen molar-refractivity contribution in [1.29, 1.82) is 0 Å². The monoisotopic (exact) mass is 473 g/mol. The molecule has 0 radical (unpaired) electrons. The Morgan fingerprint density at radius 1 is 1.00 bits per heavy atom. The second-order valence-corrected chi connectivity index (χ2v) is 9.76. The summed E-state index contributed by atoms with van der Waals surface area (Å²) >= 11 is 0. The largest absolute Gasteiger partial charge is 0.493 e. The van der Waals surface area contributed by atoms with Crippen LogP contribution in [0.25, 0.3) is 0 Å². The summed E-state index contributed by atoms with van der Waals surface area (Å²) in [6.45, 7) is 8.35.